The maximum absolute atomic E-state index is 12.1. The van der Waals surface area contributed by atoms with Crippen LogP contribution in [-0.4, -0.2) is 42.7 Å². The molecule has 0 aliphatic heterocycles. The van der Waals surface area contributed by atoms with Gasteiger partial charge in [-0.3, -0.25) is 4.79 Å². The van der Waals surface area contributed by atoms with E-state index in [0.717, 1.165) is 11.3 Å². The number of nitrogens with zero attached hydrogens (tertiary/aromatic N) is 3. The van der Waals surface area contributed by atoms with Crippen LogP contribution in [0.5, 0.6) is 5.75 Å². The van der Waals surface area contributed by atoms with Crippen LogP contribution in [0.4, 0.5) is 11.6 Å². The average molecular weight is 446 g/mol. The second-order valence-corrected chi connectivity index (χ2v) is 7.74. The molecule has 1 aromatic heterocycles. The zero-order chi connectivity index (χ0) is 23.6. The van der Waals surface area contributed by atoms with Crippen LogP contribution in [0.1, 0.15) is 29.8 Å². The Labute approximate surface area is 193 Å². The van der Waals surface area contributed by atoms with Crippen molar-refractivity contribution in [1.82, 2.24) is 15.3 Å². The highest BCUT2D eigenvalue weighted by Gasteiger charge is 2.10. The lowest BCUT2D eigenvalue weighted by molar-refractivity contribution is 0.0937. The second-order valence-electron chi connectivity index (χ2n) is 7.74. The lowest BCUT2D eigenvalue weighted by Gasteiger charge is -2.11. The van der Waals surface area contributed by atoms with Crippen molar-refractivity contribution in [2.45, 2.75) is 13.8 Å². The van der Waals surface area contributed by atoms with Gasteiger partial charge in [0.05, 0.1) is 24.5 Å². The predicted octanol–water partition coefficient (Wildman–Crippen LogP) is 4.17. The van der Waals surface area contributed by atoms with Gasteiger partial charge in [-0.2, -0.15) is 5.26 Å². The third-order valence-electron chi connectivity index (χ3n) is 4.62. The van der Waals surface area contributed by atoms with E-state index in [-0.39, 0.29) is 5.91 Å². The van der Waals surface area contributed by atoms with Gasteiger partial charge in [-0.25, -0.2) is 9.97 Å². The normalized spacial score (nSPS) is 10.5. The van der Waals surface area contributed by atoms with Gasteiger partial charge in [-0.1, -0.05) is 13.8 Å². The SMILES string of the molecule is COCCNC(=O)c1ccc(Nc2nccc(-c3ccc(OCC(C)C)c(C#N)c3)n2)cc1. The van der Waals surface area contributed by atoms with Gasteiger partial charge >= 0.3 is 0 Å². The number of aromatic nitrogens is 2. The van der Waals surface area contributed by atoms with E-state index < -0.39 is 0 Å². The van der Waals surface area contributed by atoms with Gasteiger partial charge in [0.1, 0.15) is 11.8 Å². The smallest absolute Gasteiger partial charge is 0.251 e. The van der Waals surface area contributed by atoms with Crippen LogP contribution in [0.25, 0.3) is 11.3 Å². The van der Waals surface area contributed by atoms with Crippen molar-refractivity contribution in [2.75, 3.05) is 32.2 Å². The van der Waals surface area contributed by atoms with Crippen LogP contribution in [-0.2, 0) is 4.74 Å². The Balaban J connectivity index is 1.71. The molecule has 3 aromatic rings. The number of rotatable bonds is 10. The van der Waals surface area contributed by atoms with Gasteiger partial charge in [-0.15, -0.1) is 0 Å². The minimum absolute atomic E-state index is 0.161. The van der Waals surface area contributed by atoms with Gasteiger partial charge in [0.15, 0.2) is 0 Å². The lowest BCUT2D eigenvalue weighted by Crippen LogP contribution is -2.26. The molecule has 0 fully saturated rings. The van der Waals surface area contributed by atoms with E-state index in [2.05, 4.69) is 40.5 Å². The van der Waals surface area contributed by atoms with E-state index in [1.165, 1.54) is 0 Å². The van der Waals surface area contributed by atoms with Crippen molar-refractivity contribution < 1.29 is 14.3 Å². The fourth-order valence-corrected chi connectivity index (χ4v) is 2.94. The first-order chi connectivity index (χ1) is 16.0. The average Bonchev–Trinajstić information content (AvgIpc) is 2.83. The molecule has 1 heterocycles. The number of methoxy groups -OCH3 is 1. The quantitative estimate of drug-likeness (QED) is 0.451. The van der Waals surface area contributed by atoms with Crippen molar-refractivity contribution >= 4 is 17.5 Å². The van der Waals surface area contributed by atoms with Gasteiger partial charge in [0.25, 0.3) is 5.91 Å². The summed E-state index contributed by atoms with van der Waals surface area (Å²) in [6.07, 6.45) is 1.65. The molecule has 3 rings (SSSR count). The second kappa shape index (κ2) is 11.6. The summed E-state index contributed by atoms with van der Waals surface area (Å²) in [6, 6.07) is 16.4. The largest absolute Gasteiger partial charge is 0.492 e. The number of benzene rings is 2. The molecule has 0 bridgehead atoms. The molecule has 0 spiro atoms. The number of anilines is 2. The minimum atomic E-state index is -0.161. The number of hydrogen-bond donors (Lipinski definition) is 2. The molecular weight excluding hydrogens is 418 g/mol. The van der Waals surface area contributed by atoms with E-state index in [0.29, 0.717) is 54.2 Å². The van der Waals surface area contributed by atoms with E-state index in [9.17, 15) is 10.1 Å². The Morgan fingerprint density at radius 3 is 2.64 bits per heavy atom. The maximum atomic E-state index is 12.1. The van der Waals surface area contributed by atoms with Crippen LogP contribution in [0, 0.1) is 17.2 Å². The maximum Gasteiger partial charge on any atom is 0.251 e. The van der Waals surface area contributed by atoms with E-state index in [1.807, 2.05) is 6.07 Å². The molecule has 0 atom stereocenters. The van der Waals surface area contributed by atoms with E-state index >= 15 is 0 Å². The summed E-state index contributed by atoms with van der Waals surface area (Å²) in [5.74, 6) is 1.17. The van der Waals surface area contributed by atoms with E-state index in [1.54, 1.807) is 55.8 Å². The molecule has 0 saturated carbocycles. The lowest BCUT2D eigenvalue weighted by atomic mass is 10.1. The molecule has 2 aromatic carbocycles. The zero-order valence-corrected chi connectivity index (χ0v) is 19.0. The van der Waals surface area contributed by atoms with Crippen molar-refractivity contribution in [3.8, 4) is 23.1 Å². The topological polar surface area (TPSA) is 109 Å². The number of amides is 1. The van der Waals surface area contributed by atoms with Crippen molar-refractivity contribution in [1.29, 1.82) is 5.26 Å². The predicted molar refractivity (Wildman–Crippen MR) is 126 cm³/mol. The molecular formula is C25H27N5O3. The molecule has 1 amide bonds. The van der Waals surface area contributed by atoms with Crippen LogP contribution in [0.15, 0.2) is 54.7 Å². The summed E-state index contributed by atoms with van der Waals surface area (Å²) in [7, 11) is 1.59. The first kappa shape index (κ1) is 23.7. The molecule has 33 heavy (non-hydrogen) atoms. The van der Waals surface area contributed by atoms with Crippen LogP contribution in [0.2, 0.25) is 0 Å². The summed E-state index contributed by atoms with van der Waals surface area (Å²) in [6.45, 7) is 5.57. The van der Waals surface area contributed by atoms with Gasteiger partial charge in [0, 0.05) is 36.7 Å². The monoisotopic (exact) mass is 445 g/mol. The number of carbonyl (C=O) groups excluding carboxylic acids is 1. The number of carbonyl (C=O) groups is 1. The third-order valence-corrected chi connectivity index (χ3v) is 4.62. The third kappa shape index (κ3) is 6.76. The Morgan fingerprint density at radius 2 is 1.94 bits per heavy atom. The van der Waals surface area contributed by atoms with Crippen molar-refractivity contribution in [3.63, 3.8) is 0 Å². The first-order valence-electron chi connectivity index (χ1n) is 10.6. The highest BCUT2D eigenvalue weighted by atomic mass is 16.5. The Kier molecular flexibility index (Phi) is 8.33. The molecule has 2 N–H and O–H groups in total. The summed E-state index contributed by atoms with van der Waals surface area (Å²) in [5.41, 5.74) is 3.22. The van der Waals surface area contributed by atoms with Crippen molar-refractivity contribution in [3.05, 3.63) is 65.9 Å². The molecule has 8 heteroatoms. The number of hydrogen-bond acceptors (Lipinski definition) is 7. The summed E-state index contributed by atoms with van der Waals surface area (Å²) in [4.78, 5) is 20.9. The molecule has 170 valence electrons. The molecule has 0 aliphatic rings. The van der Waals surface area contributed by atoms with Gasteiger partial charge in [-0.05, 0) is 54.4 Å². The van der Waals surface area contributed by atoms with Crippen LogP contribution in [0.3, 0.4) is 0 Å². The molecule has 0 saturated heterocycles. The number of nitriles is 1. The molecule has 0 aliphatic carbocycles. The Hall–Kier alpha value is -3.96. The fourth-order valence-electron chi connectivity index (χ4n) is 2.94. The number of nitrogens with one attached hydrogen (secondary N) is 2. The van der Waals surface area contributed by atoms with Crippen LogP contribution < -0.4 is 15.4 Å². The number of ether oxygens (including phenoxy) is 2. The van der Waals surface area contributed by atoms with E-state index in [4.69, 9.17) is 9.47 Å². The summed E-state index contributed by atoms with van der Waals surface area (Å²) in [5, 5.41) is 15.4. The zero-order valence-electron chi connectivity index (χ0n) is 19.0. The summed E-state index contributed by atoms with van der Waals surface area (Å²) < 4.78 is 10.7. The highest BCUT2D eigenvalue weighted by molar-refractivity contribution is 5.94. The Bertz CT molecular complexity index is 1120. The molecule has 0 unspecified atom stereocenters. The highest BCUT2D eigenvalue weighted by Crippen LogP contribution is 2.26. The van der Waals surface area contributed by atoms with Crippen LogP contribution >= 0.6 is 0 Å². The minimum Gasteiger partial charge on any atom is -0.492 e. The molecule has 8 nitrogen and oxygen atoms in total. The Morgan fingerprint density at radius 1 is 1.15 bits per heavy atom. The van der Waals surface area contributed by atoms with Gasteiger partial charge in [0.2, 0.25) is 5.95 Å². The standard InChI is InChI=1S/C25H27N5O3/c1-17(2)16-33-23-9-6-19(14-20(23)15-26)22-10-11-28-25(30-22)29-21-7-4-18(5-8-21)24(31)27-12-13-32-3/h4-11,14,17H,12-13,16H2,1-3H3,(H,27,31)(H,28,29,30). The van der Waals surface area contributed by atoms with Gasteiger partial charge < -0.3 is 20.1 Å². The molecule has 0 radical (unpaired) electrons. The fraction of sp³-hybridized carbons (Fsp3) is 0.280. The summed E-state index contributed by atoms with van der Waals surface area (Å²) >= 11 is 0. The first-order valence-corrected chi connectivity index (χ1v) is 10.6. The van der Waals surface area contributed by atoms with Crippen molar-refractivity contribution in [2.24, 2.45) is 5.92 Å².